The number of carbonyl (C=O) groups excluding carboxylic acids is 1. The van der Waals surface area contributed by atoms with Gasteiger partial charge >= 0.3 is 0 Å². The molecule has 0 N–H and O–H groups in total. The van der Waals surface area contributed by atoms with Gasteiger partial charge in [-0.1, -0.05) is 6.08 Å². The van der Waals surface area contributed by atoms with Crippen LogP contribution in [0.2, 0.25) is 0 Å². The normalized spacial score (nSPS) is 2.83. The zero-order chi connectivity index (χ0) is 4.71. The van der Waals surface area contributed by atoms with Crippen LogP contribution in [0.15, 0.2) is 12.7 Å². The van der Waals surface area contributed by atoms with Gasteiger partial charge in [0.05, 0.1) is 0 Å². The van der Waals surface area contributed by atoms with E-state index in [2.05, 4.69) is 13.4 Å². The number of allylic oxidation sites excluding steroid dienone is 1. The molecule has 0 amide bonds. The van der Waals surface area contributed by atoms with Gasteiger partial charge in [0.15, 0.2) is 0 Å². The predicted molar refractivity (Wildman–Crippen MR) is 22.6 cm³/mol. The fourth-order valence-corrected chi connectivity index (χ4v) is 0. The van der Waals surface area contributed by atoms with Crippen LogP contribution in [-0.2, 0) is 24.3 Å². The van der Waals surface area contributed by atoms with Crippen LogP contribution in [0.1, 0.15) is 6.92 Å². The zero-order valence-corrected chi connectivity index (χ0v) is 5.24. The van der Waals surface area contributed by atoms with Gasteiger partial charge in [0.1, 0.15) is 0 Å². The third kappa shape index (κ3) is 33300. The standard InChI is InChI=1S/C3H6.CHO.Rh/c1-3-2;1-2;/h3H,1H2,2H3;1H;/q;-1;. The fourth-order valence-electron chi connectivity index (χ4n) is 0. The minimum absolute atomic E-state index is 0. The van der Waals surface area contributed by atoms with Gasteiger partial charge < -0.3 is 4.79 Å². The molecule has 0 aliphatic rings. The molecule has 0 rings (SSSR count). The number of rotatable bonds is 0. The quantitative estimate of drug-likeness (QED) is 0.231. The Morgan fingerprint density at radius 1 is 1.67 bits per heavy atom. The maximum Gasteiger partial charge on any atom is 0 e. The summed E-state index contributed by atoms with van der Waals surface area (Å²) in [6.07, 6.45) is 1.75. The van der Waals surface area contributed by atoms with Crippen LogP contribution in [-0.4, -0.2) is 6.79 Å². The molecule has 1 nitrogen and oxygen atoms in total. The first-order valence-corrected chi connectivity index (χ1v) is 1.22. The number of hydrogen-bond acceptors (Lipinski definition) is 1. The van der Waals surface area contributed by atoms with Crippen molar-refractivity contribution in [3.05, 3.63) is 12.7 Å². The maximum absolute atomic E-state index is 7.75. The van der Waals surface area contributed by atoms with Crippen molar-refractivity contribution < 1.29 is 24.3 Å². The van der Waals surface area contributed by atoms with Crippen molar-refractivity contribution in [2.24, 2.45) is 0 Å². The average molecular weight is 174 g/mol. The molecule has 0 bridgehead atoms. The minimum atomic E-state index is 0. The van der Waals surface area contributed by atoms with E-state index in [0.717, 1.165) is 0 Å². The molecule has 0 spiro atoms. The topological polar surface area (TPSA) is 17.1 Å². The van der Waals surface area contributed by atoms with Crippen molar-refractivity contribution >= 4 is 6.79 Å². The molecule has 0 aromatic carbocycles. The van der Waals surface area contributed by atoms with Gasteiger partial charge in [-0.25, -0.2) is 0 Å². The molecule has 0 aliphatic carbocycles. The largest absolute Gasteiger partial charge is 0.545 e. The van der Waals surface area contributed by atoms with E-state index in [0.29, 0.717) is 0 Å². The Morgan fingerprint density at radius 3 is 1.67 bits per heavy atom. The molecular formula is C4H7ORh-. The Hall–Kier alpha value is 0.0334. The van der Waals surface area contributed by atoms with Crippen LogP contribution < -0.4 is 0 Å². The van der Waals surface area contributed by atoms with Crippen LogP contribution >= 0.6 is 0 Å². The maximum atomic E-state index is 7.75. The van der Waals surface area contributed by atoms with Gasteiger partial charge in [-0.2, -0.15) is 0 Å². The van der Waals surface area contributed by atoms with Gasteiger partial charge in [0, 0.05) is 19.5 Å². The molecule has 6 heavy (non-hydrogen) atoms. The summed E-state index contributed by atoms with van der Waals surface area (Å²) >= 11 is 0. The summed E-state index contributed by atoms with van der Waals surface area (Å²) in [4.78, 5) is 7.75. The van der Waals surface area contributed by atoms with Crippen LogP contribution in [0.3, 0.4) is 0 Å². The summed E-state index contributed by atoms with van der Waals surface area (Å²) in [5.41, 5.74) is 0. The predicted octanol–water partition coefficient (Wildman–Crippen LogP) is 0.916. The van der Waals surface area contributed by atoms with Gasteiger partial charge in [0.2, 0.25) is 0 Å². The molecule has 1 radical (unpaired) electrons. The van der Waals surface area contributed by atoms with E-state index in [-0.39, 0.29) is 19.5 Å². The average Bonchev–Trinajstić information content (AvgIpc) is 1.46. The van der Waals surface area contributed by atoms with Crippen molar-refractivity contribution in [3.8, 4) is 0 Å². The van der Waals surface area contributed by atoms with Crippen LogP contribution in [0.5, 0.6) is 0 Å². The molecule has 0 fully saturated rings. The summed E-state index contributed by atoms with van der Waals surface area (Å²) in [5.74, 6) is 0. The SMILES string of the molecule is C=CC.[CH-]=O.[Rh]. The Bertz CT molecular complexity index is 21.5. The fraction of sp³-hybridized carbons (Fsp3) is 0.250. The molecule has 0 saturated carbocycles. The van der Waals surface area contributed by atoms with Gasteiger partial charge in [-0.05, 0) is 6.92 Å². The van der Waals surface area contributed by atoms with E-state index in [1.165, 1.54) is 0 Å². The molecule has 0 aromatic heterocycles. The Balaban J connectivity index is -0.0000000275. The van der Waals surface area contributed by atoms with E-state index < -0.39 is 0 Å². The first kappa shape index (κ1) is 16.6. The first-order valence-electron chi connectivity index (χ1n) is 1.22. The first-order chi connectivity index (χ1) is 2.41. The van der Waals surface area contributed by atoms with E-state index in [9.17, 15) is 0 Å². The van der Waals surface area contributed by atoms with Gasteiger partial charge in [-0.3, -0.25) is 6.79 Å². The molecular weight excluding hydrogens is 167 g/mol. The second-order valence-electron chi connectivity index (χ2n) is 0.408. The van der Waals surface area contributed by atoms with E-state index in [1.54, 1.807) is 6.08 Å². The van der Waals surface area contributed by atoms with Crippen molar-refractivity contribution in [2.75, 3.05) is 0 Å². The molecule has 2 heteroatoms. The molecule has 0 atom stereocenters. The monoisotopic (exact) mass is 174 g/mol. The third-order valence-corrected chi connectivity index (χ3v) is 0. The summed E-state index contributed by atoms with van der Waals surface area (Å²) in [5, 5.41) is 0. The van der Waals surface area contributed by atoms with Crippen LogP contribution in [0.25, 0.3) is 0 Å². The van der Waals surface area contributed by atoms with E-state index in [1.807, 2.05) is 6.92 Å². The Kier molecular flexibility index (Phi) is 212. The molecule has 0 saturated heterocycles. The second kappa shape index (κ2) is 76.7. The second-order valence-corrected chi connectivity index (χ2v) is 0.408. The van der Waals surface area contributed by atoms with E-state index >= 15 is 0 Å². The number of hydrogen-bond donors (Lipinski definition) is 0. The zero-order valence-electron chi connectivity index (χ0n) is 3.60. The van der Waals surface area contributed by atoms with Crippen LogP contribution in [0, 0.1) is 0 Å². The van der Waals surface area contributed by atoms with Crippen LogP contribution in [0.4, 0.5) is 0 Å². The minimum Gasteiger partial charge on any atom is -0.545 e. The smallest absolute Gasteiger partial charge is 0 e. The molecule has 0 aromatic rings. The molecule has 0 heterocycles. The van der Waals surface area contributed by atoms with Crippen molar-refractivity contribution in [3.63, 3.8) is 0 Å². The van der Waals surface area contributed by atoms with Crippen molar-refractivity contribution in [2.45, 2.75) is 6.92 Å². The summed E-state index contributed by atoms with van der Waals surface area (Å²) in [7, 11) is 0. The molecule has 39 valence electrons. The van der Waals surface area contributed by atoms with Gasteiger partial charge in [-0.15, -0.1) is 6.58 Å². The molecule has 0 unspecified atom stereocenters. The Labute approximate surface area is 51.2 Å². The van der Waals surface area contributed by atoms with E-state index in [4.69, 9.17) is 4.79 Å². The Morgan fingerprint density at radius 2 is 1.67 bits per heavy atom. The summed E-state index contributed by atoms with van der Waals surface area (Å²) < 4.78 is 0. The third-order valence-electron chi connectivity index (χ3n) is 0. The van der Waals surface area contributed by atoms with Gasteiger partial charge in [0.25, 0.3) is 0 Å². The van der Waals surface area contributed by atoms with Crippen molar-refractivity contribution in [1.82, 2.24) is 0 Å². The molecule has 0 aliphatic heterocycles. The summed E-state index contributed by atoms with van der Waals surface area (Å²) in [6.45, 7) is 8.50. The van der Waals surface area contributed by atoms with Crippen molar-refractivity contribution in [1.29, 1.82) is 0 Å². The summed E-state index contributed by atoms with van der Waals surface area (Å²) in [6, 6.07) is 0.